The van der Waals surface area contributed by atoms with Crippen molar-refractivity contribution in [3.05, 3.63) is 59.7 Å². The monoisotopic (exact) mass is 329 g/mol. The van der Waals surface area contributed by atoms with Gasteiger partial charge in [-0.1, -0.05) is 11.2 Å². The van der Waals surface area contributed by atoms with Gasteiger partial charge in [-0.3, -0.25) is 9.78 Å². The van der Waals surface area contributed by atoms with Gasteiger partial charge in [0.15, 0.2) is 11.6 Å². The molecule has 1 aromatic heterocycles. The third kappa shape index (κ3) is 3.51. The van der Waals surface area contributed by atoms with E-state index in [2.05, 4.69) is 15.5 Å². The van der Waals surface area contributed by atoms with E-state index >= 15 is 0 Å². The average Bonchev–Trinajstić information content (AvgIpc) is 3.09. The van der Waals surface area contributed by atoms with E-state index in [1.165, 1.54) is 13.2 Å². The maximum absolute atomic E-state index is 13.8. The zero-order valence-corrected chi connectivity index (χ0v) is 13.0. The van der Waals surface area contributed by atoms with E-state index in [1.807, 2.05) is 0 Å². The molecule has 1 aliphatic heterocycles. The SMILES string of the molecule is COc1ccc(C2=NOC(CNC(=O)c3ccccn3)C2)cc1F. The fraction of sp³-hybridized carbons (Fsp3) is 0.235. The van der Waals surface area contributed by atoms with Crippen LogP contribution in [0.1, 0.15) is 22.5 Å². The van der Waals surface area contributed by atoms with Crippen LogP contribution in [0.5, 0.6) is 5.75 Å². The number of hydrogen-bond acceptors (Lipinski definition) is 5. The molecular weight excluding hydrogens is 313 g/mol. The predicted octanol–water partition coefficient (Wildman–Crippen LogP) is 2.15. The highest BCUT2D eigenvalue weighted by Gasteiger charge is 2.23. The van der Waals surface area contributed by atoms with E-state index in [0.717, 1.165) is 0 Å². The Morgan fingerprint density at radius 3 is 3.00 bits per heavy atom. The van der Waals surface area contributed by atoms with Crippen molar-refractivity contribution < 1.29 is 18.8 Å². The molecule has 124 valence electrons. The Kier molecular flexibility index (Phi) is 4.69. The van der Waals surface area contributed by atoms with Crippen molar-refractivity contribution >= 4 is 11.6 Å². The predicted molar refractivity (Wildman–Crippen MR) is 85.5 cm³/mol. The lowest BCUT2D eigenvalue weighted by Gasteiger charge is -2.09. The Bertz CT molecular complexity index is 765. The number of amides is 1. The summed E-state index contributed by atoms with van der Waals surface area (Å²) in [6.07, 6.45) is 1.74. The Labute approximate surface area is 138 Å². The number of rotatable bonds is 5. The second-order valence-corrected chi connectivity index (χ2v) is 5.24. The van der Waals surface area contributed by atoms with E-state index in [9.17, 15) is 9.18 Å². The van der Waals surface area contributed by atoms with Crippen molar-refractivity contribution in [2.24, 2.45) is 5.16 Å². The van der Waals surface area contributed by atoms with E-state index in [1.54, 1.807) is 36.5 Å². The van der Waals surface area contributed by atoms with Crippen LogP contribution in [0.3, 0.4) is 0 Å². The number of methoxy groups -OCH3 is 1. The van der Waals surface area contributed by atoms with Crippen molar-refractivity contribution in [1.29, 1.82) is 0 Å². The van der Waals surface area contributed by atoms with Crippen LogP contribution in [0.4, 0.5) is 4.39 Å². The van der Waals surface area contributed by atoms with Crippen molar-refractivity contribution in [2.45, 2.75) is 12.5 Å². The molecule has 24 heavy (non-hydrogen) atoms. The van der Waals surface area contributed by atoms with Gasteiger partial charge in [0.2, 0.25) is 0 Å². The largest absolute Gasteiger partial charge is 0.494 e. The van der Waals surface area contributed by atoms with E-state index in [4.69, 9.17) is 9.57 Å². The molecule has 1 N–H and O–H groups in total. The second kappa shape index (κ2) is 7.08. The molecule has 0 saturated heterocycles. The number of hydrogen-bond donors (Lipinski definition) is 1. The molecule has 0 aliphatic carbocycles. The molecule has 6 nitrogen and oxygen atoms in total. The lowest BCUT2D eigenvalue weighted by Crippen LogP contribution is -2.32. The number of pyridine rings is 1. The van der Waals surface area contributed by atoms with Gasteiger partial charge in [0.1, 0.15) is 11.8 Å². The number of nitrogens with zero attached hydrogens (tertiary/aromatic N) is 2. The van der Waals surface area contributed by atoms with Gasteiger partial charge < -0.3 is 14.9 Å². The topological polar surface area (TPSA) is 72.8 Å². The number of benzene rings is 1. The molecule has 1 aliphatic rings. The zero-order valence-electron chi connectivity index (χ0n) is 13.0. The third-order valence-corrected chi connectivity index (χ3v) is 3.61. The summed E-state index contributed by atoms with van der Waals surface area (Å²) in [5.74, 6) is -0.551. The fourth-order valence-electron chi connectivity index (χ4n) is 2.35. The molecule has 1 unspecified atom stereocenters. The lowest BCUT2D eigenvalue weighted by molar-refractivity contribution is 0.0751. The number of carbonyl (C=O) groups is 1. The van der Waals surface area contributed by atoms with Crippen molar-refractivity contribution in [3.8, 4) is 5.75 Å². The number of oxime groups is 1. The van der Waals surface area contributed by atoms with Gasteiger partial charge in [0.05, 0.1) is 19.4 Å². The van der Waals surface area contributed by atoms with Crippen LogP contribution in [-0.4, -0.2) is 36.4 Å². The molecule has 0 saturated carbocycles. The molecule has 0 fully saturated rings. The first-order valence-corrected chi connectivity index (χ1v) is 7.43. The average molecular weight is 329 g/mol. The van der Waals surface area contributed by atoms with E-state index in [-0.39, 0.29) is 17.8 Å². The van der Waals surface area contributed by atoms with Gasteiger partial charge in [-0.2, -0.15) is 0 Å². The second-order valence-electron chi connectivity index (χ2n) is 5.24. The number of nitrogens with one attached hydrogen (secondary N) is 1. The summed E-state index contributed by atoms with van der Waals surface area (Å²) in [4.78, 5) is 21.2. The Morgan fingerprint density at radius 2 is 2.29 bits per heavy atom. The summed E-state index contributed by atoms with van der Waals surface area (Å²) >= 11 is 0. The molecule has 3 rings (SSSR count). The summed E-state index contributed by atoms with van der Waals surface area (Å²) in [6, 6.07) is 9.74. The van der Waals surface area contributed by atoms with Crippen LogP contribution in [0, 0.1) is 5.82 Å². The minimum atomic E-state index is -0.454. The molecule has 0 radical (unpaired) electrons. The van der Waals surface area contributed by atoms with Crippen molar-refractivity contribution in [2.75, 3.05) is 13.7 Å². The van der Waals surface area contributed by atoms with Gasteiger partial charge in [0, 0.05) is 18.2 Å². The lowest BCUT2D eigenvalue weighted by atomic mass is 10.0. The summed E-state index contributed by atoms with van der Waals surface area (Å²) in [5, 5.41) is 6.73. The van der Waals surface area contributed by atoms with Crippen LogP contribution in [0.25, 0.3) is 0 Å². The van der Waals surface area contributed by atoms with Gasteiger partial charge in [-0.05, 0) is 30.3 Å². The van der Waals surface area contributed by atoms with Crippen molar-refractivity contribution in [1.82, 2.24) is 10.3 Å². The number of halogens is 1. The molecular formula is C17H16FN3O3. The number of ether oxygens (including phenoxy) is 1. The Hall–Kier alpha value is -2.96. The first-order valence-electron chi connectivity index (χ1n) is 7.43. The molecule has 2 aromatic rings. The van der Waals surface area contributed by atoms with Gasteiger partial charge in [0.25, 0.3) is 5.91 Å². The van der Waals surface area contributed by atoms with Crippen LogP contribution >= 0.6 is 0 Å². The van der Waals surface area contributed by atoms with Gasteiger partial charge >= 0.3 is 0 Å². The molecule has 0 bridgehead atoms. The number of aromatic nitrogens is 1. The minimum Gasteiger partial charge on any atom is -0.494 e. The molecule has 1 atom stereocenters. The van der Waals surface area contributed by atoms with Crippen LogP contribution in [0.15, 0.2) is 47.8 Å². The van der Waals surface area contributed by atoms with Crippen LogP contribution < -0.4 is 10.1 Å². The highest BCUT2D eigenvalue weighted by molar-refractivity contribution is 6.01. The zero-order chi connectivity index (χ0) is 16.9. The smallest absolute Gasteiger partial charge is 0.270 e. The highest BCUT2D eigenvalue weighted by atomic mass is 19.1. The molecule has 1 aromatic carbocycles. The Morgan fingerprint density at radius 1 is 1.42 bits per heavy atom. The van der Waals surface area contributed by atoms with Crippen LogP contribution in [0.2, 0.25) is 0 Å². The van der Waals surface area contributed by atoms with Gasteiger partial charge in [-0.25, -0.2) is 4.39 Å². The maximum Gasteiger partial charge on any atom is 0.270 e. The molecule has 2 heterocycles. The molecule has 0 spiro atoms. The minimum absolute atomic E-state index is 0.178. The number of carbonyl (C=O) groups excluding carboxylic acids is 1. The van der Waals surface area contributed by atoms with E-state index in [0.29, 0.717) is 29.9 Å². The standard InChI is InChI=1S/C17H16FN3O3/c1-23-16-6-5-11(8-13(16)18)15-9-12(24-21-15)10-20-17(22)14-4-2-3-7-19-14/h2-8,12H,9-10H2,1H3,(H,20,22). The fourth-order valence-corrected chi connectivity index (χ4v) is 2.35. The quantitative estimate of drug-likeness (QED) is 0.912. The summed E-state index contributed by atoms with van der Waals surface area (Å²) in [7, 11) is 1.41. The van der Waals surface area contributed by atoms with E-state index < -0.39 is 5.82 Å². The maximum atomic E-state index is 13.8. The summed E-state index contributed by atoms with van der Waals surface area (Å²) < 4.78 is 18.6. The van der Waals surface area contributed by atoms with Crippen molar-refractivity contribution in [3.63, 3.8) is 0 Å². The van der Waals surface area contributed by atoms with Crippen LogP contribution in [-0.2, 0) is 4.84 Å². The highest BCUT2D eigenvalue weighted by Crippen LogP contribution is 2.22. The van der Waals surface area contributed by atoms with Gasteiger partial charge in [-0.15, -0.1) is 0 Å². The normalized spacial score (nSPS) is 16.2. The Balaban J connectivity index is 1.55. The molecule has 1 amide bonds. The molecule has 7 heteroatoms. The first kappa shape index (κ1) is 15.9. The summed E-state index contributed by atoms with van der Waals surface area (Å²) in [5.41, 5.74) is 1.61. The third-order valence-electron chi connectivity index (χ3n) is 3.61. The first-order chi connectivity index (χ1) is 11.7. The summed E-state index contributed by atoms with van der Waals surface area (Å²) in [6.45, 7) is 0.293.